The van der Waals surface area contributed by atoms with Gasteiger partial charge in [-0.2, -0.15) is 0 Å². The van der Waals surface area contributed by atoms with E-state index in [-0.39, 0.29) is 0 Å². The first-order valence-corrected chi connectivity index (χ1v) is 15.1. The molecule has 0 aliphatic rings. The molecular formula is C41H27N5. The minimum absolute atomic E-state index is 0.651. The standard InChI is InChI=1S/C41H27N5/c1-2-7-28(8-3-1)34-24-35(27-43-26-34)40-25-39(33-10-4-9-32(23-33)29-18-21-42-22-19-29)45-41(46-40)31-16-14-30(15-17-31)36-11-5-13-38-37(36)12-6-20-44-38/h1-27H. The Morgan fingerprint density at radius 3 is 1.89 bits per heavy atom. The fraction of sp³-hybridized carbons (Fsp3) is 0. The van der Waals surface area contributed by atoms with Crippen LogP contribution < -0.4 is 0 Å². The summed E-state index contributed by atoms with van der Waals surface area (Å²) in [5.74, 6) is 0.651. The lowest BCUT2D eigenvalue weighted by Gasteiger charge is -2.12. The number of hydrogen-bond donors (Lipinski definition) is 0. The van der Waals surface area contributed by atoms with Crippen LogP contribution >= 0.6 is 0 Å². The Morgan fingerprint density at radius 2 is 1.04 bits per heavy atom. The lowest BCUT2D eigenvalue weighted by molar-refractivity contribution is 1.18. The van der Waals surface area contributed by atoms with Gasteiger partial charge in [-0.1, -0.05) is 91.0 Å². The van der Waals surface area contributed by atoms with Crippen molar-refractivity contribution in [3.05, 3.63) is 164 Å². The van der Waals surface area contributed by atoms with Crippen molar-refractivity contribution in [3.63, 3.8) is 0 Å². The number of pyridine rings is 3. The Labute approximate surface area is 267 Å². The zero-order valence-electron chi connectivity index (χ0n) is 24.8. The van der Waals surface area contributed by atoms with Gasteiger partial charge in [0.15, 0.2) is 5.82 Å². The predicted octanol–water partition coefficient (Wildman–Crippen LogP) is 9.82. The first-order valence-electron chi connectivity index (χ1n) is 15.1. The normalized spacial score (nSPS) is 11.0. The van der Waals surface area contributed by atoms with Crippen LogP contribution in [0.2, 0.25) is 0 Å². The molecule has 0 bridgehead atoms. The highest BCUT2D eigenvalue weighted by Gasteiger charge is 2.13. The summed E-state index contributed by atoms with van der Waals surface area (Å²) in [5, 5.41) is 1.12. The first-order chi connectivity index (χ1) is 22.8. The van der Waals surface area contributed by atoms with E-state index in [1.54, 1.807) is 0 Å². The van der Waals surface area contributed by atoms with E-state index >= 15 is 0 Å². The molecule has 0 aliphatic carbocycles. The molecule has 0 atom stereocenters. The fourth-order valence-electron chi connectivity index (χ4n) is 5.80. The number of benzene rings is 4. The highest BCUT2D eigenvalue weighted by atomic mass is 14.9. The van der Waals surface area contributed by atoms with Gasteiger partial charge in [-0.3, -0.25) is 15.0 Å². The summed E-state index contributed by atoms with van der Waals surface area (Å²) < 4.78 is 0. The minimum atomic E-state index is 0.651. The van der Waals surface area contributed by atoms with Gasteiger partial charge in [0, 0.05) is 58.6 Å². The second-order valence-electron chi connectivity index (χ2n) is 11.1. The molecule has 0 saturated carbocycles. The van der Waals surface area contributed by atoms with Gasteiger partial charge in [0.2, 0.25) is 0 Å². The molecule has 0 saturated heterocycles. The molecule has 8 rings (SSSR count). The first kappa shape index (κ1) is 27.2. The van der Waals surface area contributed by atoms with Gasteiger partial charge in [-0.05, 0) is 70.3 Å². The molecule has 5 heteroatoms. The van der Waals surface area contributed by atoms with Gasteiger partial charge in [-0.15, -0.1) is 0 Å². The molecule has 4 aromatic carbocycles. The lowest BCUT2D eigenvalue weighted by atomic mass is 9.99. The van der Waals surface area contributed by atoms with Crippen LogP contribution in [0, 0.1) is 0 Å². The average molecular weight is 590 g/mol. The molecule has 0 N–H and O–H groups in total. The number of fused-ring (bicyclic) bond motifs is 1. The molecule has 0 fully saturated rings. The van der Waals surface area contributed by atoms with Crippen LogP contribution in [0.5, 0.6) is 0 Å². The van der Waals surface area contributed by atoms with E-state index < -0.39 is 0 Å². The van der Waals surface area contributed by atoms with Gasteiger partial charge in [0.1, 0.15) is 0 Å². The van der Waals surface area contributed by atoms with Crippen LogP contribution in [0.25, 0.3) is 78.2 Å². The third-order valence-electron chi connectivity index (χ3n) is 8.14. The molecule has 0 unspecified atom stereocenters. The van der Waals surface area contributed by atoms with Crippen molar-refractivity contribution in [1.82, 2.24) is 24.9 Å². The van der Waals surface area contributed by atoms with Crippen LogP contribution in [-0.4, -0.2) is 24.9 Å². The molecule has 8 aromatic rings. The van der Waals surface area contributed by atoms with Crippen molar-refractivity contribution in [3.8, 4) is 67.3 Å². The van der Waals surface area contributed by atoms with Crippen LogP contribution in [0.4, 0.5) is 0 Å². The molecule has 0 radical (unpaired) electrons. The van der Waals surface area contributed by atoms with Crippen LogP contribution in [0.15, 0.2) is 164 Å². The third-order valence-corrected chi connectivity index (χ3v) is 8.14. The highest BCUT2D eigenvalue weighted by Crippen LogP contribution is 2.33. The zero-order chi connectivity index (χ0) is 30.7. The van der Waals surface area contributed by atoms with Gasteiger partial charge in [0.05, 0.1) is 16.9 Å². The minimum Gasteiger partial charge on any atom is -0.265 e. The Bertz CT molecular complexity index is 2190. The van der Waals surface area contributed by atoms with Crippen LogP contribution in [0.3, 0.4) is 0 Å². The van der Waals surface area contributed by atoms with E-state index in [1.807, 2.05) is 73.4 Å². The number of rotatable bonds is 6. The smallest absolute Gasteiger partial charge is 0.160 e. The van der Waals surface area contributed by atoms with Crippen molar-refractivity contribution in [1.29, 1.82) is 0 Å². The Hall–Kier alpha value is -6.33. The molecular weight excluding hydrogens is 562 g/mol. The summed E-state index contributed by atoms with van der Waals surface area (Å²) in [6.45, 7) is 0. The summed E-state index contributed by atoms with van der Waals surface area (Å²) in [5.41, 5.74) is 12.1. The predicted molar refractivity (Wildman–Crippen MR) is 186 cm³/mol. The van der Waals surface area contributed by atoms with E-state index in [2.05, 4.69) is 106 Å². The Balaban J connectivity index is 1.25. The van der Waals surface area contributed by atoms with Crippen molar-refractivity contribution >= 4 is 10.9 Å². The van der Waals surface area contributed by atoms with Gasteiger partial charge >= 0.3 is 0 Å². The largest absolute Gasteiger partial charge is 0.265 e. The topological polar surface area (TPSA) is 64.5 Å². The van der Waals surface area contributed by atoms with Crippen molar-refractivity contribution in [2.75, 3.05) is 0 Å². The molecule has 0 amide bonds. The fourth-order valence-corrected chi connectivity index (χ4v) is 5.80. The van der Waals surface area contributed by atoms with E-state index in [0.717, 1.165) is 72.4 Å². The van der Waals surface area contributed by atoms with Crippen LogP contribution in [-0.2, 0) is 0 Å². The SMILES string of the molecule is c1ccc(-c2cncc(-c3cc(-c4cccc(-c5ccncc5)c4)nc(-c4ccc(-c5cccc6ncccc56)cc4)n3)c2)cc1. The number of hydrogen-bond acceptors (Lipinski definition) is 5. The van der Waals surface area contributed by atoms with E-state index in [4.69, 9.17) is 9.97 Å². The van der Waals surface area contributed by atoms with Crippen molar-refractivity contribution in [2.24, 2.45) is 0 Å². The average Bonchev–Trinajstić information content (AvgIpc) is 3.15. The summed E-state index contributed by atoms with van der Waals surface area (Å²) in [6, 6.07) is 45.7. The summed E-state index contributed by atoms with van der Waals surface area (Å²) in [7, 11) is 0. The molecule has 5 nitrogen and oxygen atoms in total. The second kappa shape index (κ2) is 12.0. The maximum Gasteiger partial charge on any atom is 0.160 e. The number of nitrogens with zero attached hydrogens (tertiary/aromatic N) is 5. The molecule has 216 valence electrons. The maximum absolute atomic E-state index is 5.11. The zero-order valence-corrected chi connectivity index (χ0v) is 24.8. The monoisotopic (exact) mass is 589 g/mol. The van der Waals surface area contributed by atoms with Gasteiger partial charge in [0.25, 0.3) is 0 Å². The Kier molecular flexibility index (Phi) is 7.09. The van der Waals surface area contributed by atoms with Crippen molar-refractivity contribution in [2.45, 2.75) is 0 Å². The summed E-state index contributed by atoms with van der Waals surface area (Å²) in [4.78, 5) is 23.5. The summed E-state index contributed by atoms with van der Waals surface area (Å²) >= 11 is 0. The number of aromatic nitrogens is 5. The molecule has 4 aromatic heterocycles. The van der Waals surface area contributed by atoms with E-state index in [1.165, 1.54) is 0 Å². The van der Waals surface area contributed by atoms with Gasteiger partial charge < -0.3 is 0 Å². The van der Waals surface area contributed by atoms with Crippen LogP contribution in [0.1, 0.15) is 0 Å². The lowest BCUT2D eigenvalue weighted by Crippen LogP contribution is -1.97. The highest BCUT2D eigenvalue weighted by molar-refractivity contribution is 5.94. The maximum atomic E-state index is 5.11. The molecule has 46 heavy (non-hydrogen) atoms. The Morgan fingerprint density at radius 1 is 0.370 bits per heavy atom. The van der Waals surface area contributed by atoms with E-state index in [9.17, 15) is 0 Å². The third kappa shape index (κ3) is 5.42. The molecule has 0 spiro atoms. The van der Waals surface area contributed by atoms with E-state index in [0.29, 0.717) is 5.82 Å². The molecule has 0 aliphatic heterocycles. The summed E-state index contributed by atoms with van der Waals surface area (Å²) in [6.07, 6.45) is 9.21. The van der Waals surface area contributed by atoms with Gasteiger partial charge in [-0.25, -0.2) is 9.97 Å². The second-order valence-corrected chi connectivity index (χ2v) is 11.1. The van der Waals surface area contributed by atoms with Crippen molar-refractivity contribution < 1.29 is 0 Å². The quantitative estimate of drug-likeness (QED) is 0.193. The molecule has 4 heterocycles.